The van der Waals surface area contributed by atoms with E-state index in [1.54, 1.807) is 61.5 Å². The predicted molar refractivity (Wildman–Crippen MR) is 138 cm³/mol. The summed E-state index contributed by atoms with van der Waals surface area (Å²) >= 11 is 18.2. The number of methoxy groups -OCH3 is 1. The predicted octanol–water partition coefficient (Wildman–Crippen LogP) is 6.00. The van der Waals surface area contributed by atoms with Crippen LogP contribution in [0.2, 0.25) is 10.0 Å². The summed E-state index contributed by atoms with van der Waals surface area (Å²) in [5, 5.41) is 6.10. The number of benzene rings is 3. The molecule has 2 N–H and O–H groups in total. The molecule has 4 rings (SSSR count). The molecule has 0 saturated heterocycles. The van der Waals surface area contributed by atoms with E-state index >= 15 is 0 Å². The molecule has 1 aliphatic heterocycles. The molecule has 3 amide bonds. The molecule has 0 spiro atoms. The fraction of sp³-hybridized carbons (Fsp3) is 0.0800. The van der Waals surface area contributed by atoms with Crippen LogP contribution in [0.25, 0.3) is 0 Å². The number of hydrogen-bond donors (Lipinski definition) is 2. The molecule has 3 aromatic rings. The maximum absolute atomic E-state index is 13.1. The van der Waals surface area contributed by atoms with E-state index in [9.17, 15) is 14.4 Å². The lowest BCUT2D eigenvalue weighted by Crippen LogP contribution is -2.32. The highest BCUT2D eigenvalue weighted by Gasteiger charge is 2.39. The summed E-state index contributed by atoms with van der Waals surface area (Å²) in [6.07, 6.45) is 0. The standard InChI is InChI=1S/C25H18Cl3N3O4/c1-13-3-4-14(23(32)29-15-5-10-18(26)19(27)12-15)11-20(13)30-22-21(28)24(33)31(25(22)34)16-6-8-17(35-2)9-7-16/h3-12,30H,1-2H3,(H,29,32). The van der Waals surface area contributed by atoms with E-state index < -0.39 is 17.7 Å². The molecule has 0 saturated carbocycles. The third kappa shape index (κ3) is 4.98. The Hall–Kier alpha value is -3.52. The number of amides is 3. The van der Waals surface area contributed by atoms with Gasteiger partial charge in [0.05, 0.1) is 22.8 Å². The van der Waals surface area contributed by atoms with Gasteiger partial charge in [0.2, 0.25) is 0 Å². The van der Waals surface area contributed by atoms with Gasteiger partial charge in [0.1, 0.15) is 16.5 Å². The lowest BCUT2D eigenvalue weighted by Gasteiger charge is -2.16. The van der Waals surface area contributed by atoms with E-state index in [-0.39, 0.29) is 10.7 Å². The third-order valence-corrected chi connectivity index (χ3v) is 6.38. The molecule has 0 fully saturated rings. The van der Waals surface area contributed by atoms with Crippen molar-refractivity contribution in [2.24, 2.45) is 0 Å². The molecule has 0 bridgehead atoms. The molecule has 0 aromatic heterocycles. The van der Waals surface area contributed by atoms with Gasteiger partial charge in [-0.3, -0.25) is 14.4 Å². The van der Waals surface area contributed by atoms with Crippen molar-refractivity contribution in [3.8, 4) is 5.75 Å². The summed E-state index contributed by atoms with van der Waals surface area (Å²) in [7, 11) is 1.52. The molecular weight excluding hydrogens is 513 g/mol. The first-order chi connectivity index (χ1) is 16.7. The number of rotatable bonds is 6. The number of anilines is 3. The number of nitrogens with zero attached hydrogens (tertiary/aromatic N) is 1. The van der Waals surface area contributed by atoms with Crippen molar-refractivity contribution < 1.29 is 19.1 Å². The Labute approximate surface area is 216 Å². The molecule has 178 valence electrons. The minimum absolute atomic E-state index is 0.0855. The summed E-state index contributed by atoms with van der Waals surface area (Å²) in [6, 6.07) is 16.1. The zero-order chi connectivity index (χ0) is 25.3. The number of halogens is 3. The van der Waals surface area contributed by atoms with Gasteiger partial charge in [-0.25, -0.2) is 4.90 Å². The molecule has 7 nitrogen and oxygen atoms in total. The minimum atomic E-state index is -0.657. The van der Waals surface area contributed by atoms with Gasteiger partial charge in [-0.15, -0.1) is 0 Å². The van der Waals surface area contributed by atoms with Crippen LogP contribution >= 0.6 is 34.8 Å². The number of imide groups is 1. The van der Waals surface area contributed by atoms with E-state index in [0.29, 0.717) is 38.4 Å². The summed E-state index contributed by atoms with van der Waals surface area (Å²) in [5.74, 6) is -1.09. The highest BCUT2D eigenvalue weighted by atomic mass is 35.5. The van der Waals surface area contributed by atoms with E-state index in [1.807, 2.05) is 0 Å². The molecular formula is C25H18Cl3N3O4. The fourth-order valence-electron chi connectivity index (χ4n) is 3.39. The van der Waals surface area contributed by atoms with Crippen molar-refractivity contribution in [3.05, 3.63) is 92.6 Å². The van der Waals surface area contributed by atoms with Gasteiger partial charge in [0, 0.05) is 16.9 Å². The van der Waals surface area contributed by atoms with Crippen LogP contribution in [0.1, 0.15) is 15.9 Å². The second-order valence-electron chi connectivity index (χ2n) is 7.57. The monoisotopic (exact) mass is 529 g/mol. The first kappa shape index (κ1) is 24.6. The normalized spacial score (nSPS) is 13.3. The first-order valence-electron chi connectivity index (χ1n) is 10.3. The van der Waals surface area contributed by atoms with Crippen LogP contribution in [0, 0.1) is 6.92 Å². The number of hydrogen-bond acceptors (Lipinski definition) is 5. The lowest BCUT2D eigenvalue weighted by atomic mass is 10.1. The van der Waals surface area contributed by atoms with Gasteiger partial charge in [-0.05, 0) is 67.1 Å². The van der Waals surface area contributed by atoms with E-state index in [1.165, 1.54) is 13.2 Å². The van der Waals surface area contributed by atoms with E-state index in [0.717, 1.165) is 10.5 Å². The third-order valence-electron chi connectivity index (χ3n) is 5.29. The molecule has 0 aliphatic carbocycles. The van der Waals surface area contributed by atoms with Crippen molar-refractivity contribution >= 4 is 69.6 Å². The first-order valence-corrected chi connectivity index (χ1v) is 11.4. The average molecular weight is 531 g/mol. The van der Waals surface area contributed by atoms with Crippen LogP contribution in [0.3, 0.4) is 0 Å². The number of ether oxygens (including phenoxy) is 1. The van der Waals surface area contributed by atoms with Crippen LogP contribution in [-0.2, 0) is 9.59 Å². The molecule has 3 aromatic carbocycles. The Kier molecular flexibility index (Phi) is 7.03. The Morgan fingerprint density at radius 3 is 2.26 bits per heavy atom. The van der Waals surface area contributed by atoms with Crippen molar-refractivity contribution in [2.45, 2.75) is 6.92 Å². The molecule has 1 heterocycles. The second kappa shape index (κ2) is 10.00. The zero-order valence-corrected chi connectivity index (χ0v) is 20.8. The second-order valence-corrected chi connectivity index (χ2v) is 8.76. The van der Waals surface area contributed by atoms with Crippen LogP contribution in [0.4, 0.5) is 17.1 Å². The summed E-state index contributed by atoms with van der Waals surface area (Å²) < 4.78 is 5.12. The maximum atomic E-state index is 13.1. The zero-order valence-electron chi connectivity index (χ0n) is 18.5. The van der Waals surface area contributed by atoms with Crippen molar-refractivity contribution in [2.75, 3.05) is 22.6 Å². The Morgan fingerprint density at radius 1 is 0.886 bits per heavy atom. The molecule has 1 aliphatic rings. The van der Waals surface area contributed by atoms with Gasteiger partial charge >= 0.3 is 0 Å². The Morgan fingerprint density at radius 2 is 1.60 bits per heavy atom. The Bertz CT molecular complexity index is 1390. The summed E-state index contributed by atoms with van der Waals surface area (Å²) in [6.45, 7) is 1.79. The SMILES string of the molecule is COc1ccc(N2C(=O)C(Cl)=C(Nc3cc(C(=O)Nc4ccc(Cl)c(Cl)c4)ccc3C)C2=O)cc1. The molecule has 35 heavy (non-hydrogen) atoms. The van der Waals surface area contributed by atoms with Gasteiger partial charge < -0.3 is 15.4 Å². The quantitative estimate of drug-likeness (QED) is 0.382. The topological polar surface area (TPSA) is 87.7 Å². The number of aryl methyl sites for hydroxylation is 1. The van der Waals surface area contributed by atoms with Crippen molar-refractivity contribution in [1.29, 1.82) is 0 Å². The van der Waals surface area contributed by atoms with Gasteiger partial charge in [-0.1, -0.05) is 40.9 Å². The van der Waals surface area contributed by atoms with Gasteiger partial charge in [-0.2, -0.15) is 0 Å². The van der Waals surface area contributed by atoms with Crippen LogP contribution in [-0.4, -0.2) is 24.8 Å². The highest BCUT2D eigenvalue weighted by molar-refractivity contribution is 6.53. The maximum Gasteiger partial charge on any atom is 0.283 e. The molecule has 0 radical (unpaired) electrons. The Balaban J connectivity index is 1.57. The number of carbonyl (C=O) groups is 3. The van der Waals surface area contributed by atoms with Crippen LogP contribution in [0.5, 0.6) is 5.75 Å². The summed E-state index contributed by atoms with van der Waals surface area (Å²) in [4.78, 5) is 39.6. The number of carbonyl (C=O) groups excluding carboxylic acids is 3. The van der Waals surface area contributed by atoms with Crippen LogP contribution < -0.4 is 20.3 Å². The molecule has 10 heteroatoms. The van der Waals surface area contributed by atoms with E-state index in [4.69, 9.17) is 39.5 Å². The molecule has 0 unspecified atom stereocenters. The average Bonchev–Trinajstić information content (AvgIpc) is 3.05. The number of nitrogens with one attached hydrogen (secondary N) is 2. The van der Waals surface area contributed by atoms with E-state index in [2.05, 4.69) is 10.6 Å². The smallest absolute Gasteiger partial charge is 0.283 e. The lowest BCUT2D eigenvalue weighted by molar-refractivity contribution is -0.120. The fourth-order valence-corrected chi connectivity index (χ4v) is 3.90. The highest BCUT2D eigenvalue weighted by Crippen LogP contribution is 2.32. The summed E-state index contributed by atoms with van der Waals surface area (Å²) in [5.41, 5.74) is 2.22. The van der Waals surface area contributed by atoms with Crippen molar-refractivity contribution in [3.63, 3.8) is 0 Å². The largest absolute Gasteiger partial charge is 0.497 e. The van der Waals surface area contributed by atoms with Crippen molar-refractivity contribution in [1.82, 2.24) is 0 Å². The minimum Gasteiger partial charge on any atom is -0.497 e. The molecule has 0 atom stereocenters. The van der Waals surface area contributed by atoms with Gasteiger partial charge in [0.15, 0.2) is 0 Å². The van der Waals surface area contributed by atoms with Crippen LogP contribution in [0.15, 0.2) is 71.4 Å². The van der Waals surface area contributed by atoms with Gasteiger partial charge in [0.25, 0.3) is 17.7 Å².